The number of nitrogens with one attached hydrogen (secondary N) is 2. The van der Waals surface area contributed by atoms with Gasteiger partial charge in [0.25, 0.3) is 17.7 Å². The Hall–Kier alpha value is -3.62. The summed E-state index contributed by atoms with van der Waals surface area (Å²) in [6.07, 6.45) is 0.252. The van der Waals surface area contributed by atoms with Gasteiger partial charge >= 0.3 is 6.18 Å². The Morgan fingerprint density at radius 2 is 1.62 bits per heavy atom. The lowest BCUT2D eigenvalue weighted by Gasteiger charge is -2.18. The molecule has 1 saturated heterocycles. The first kappa shape index (κ1) is 21.6. The SMILES string of the molecule is Cc1c(NC(=O)c2cccc(NN3C(=O)[C@H]4CC=CC[C@H]4C3=O)c2)cccc1C(F)(F)F. The van der Waals surface area contributed by atoms with Crippen LogP contribution in [0.4, 0.5) is 24.5 Å². The van der Waals surface area contributed by atoms with Crippen LogP contribution in [-0.2, 0) is 15.8 Å². The van der Waals surface area contributed by atoms with E-state index in [9.17, 15) is 27.6 Å². The Labute approximate surface area is 182 Å². The lowest BCUT2D eigenvalue weighted by atomic mass is 9.85. The highest BCUT2D eigenvalue weighted by Gasteiger charge is 2.47. The molecule has 1 aliphatic heterocycles. The molecule has 0 aromatic heterocycles. The van der Waals surface area contributed by atoms with Crippen LogP contribution in [0.5, 0.6) is 0 Å². The molecule has 2 aromatic rings. The van der Waals surface area contributed by atoms with E-state index in [4.69, 9.17) is 0 Å². The van der Waals surface area contributed by atoms with Crippen molar-refractivity contribution in [1.82, 2.24) is 5.01 Å². The van der Waals surface area contributed by atoms with E-state index in [-0.39, 0.29) is 28.6 Å². The number of hydrogen-bond acceptors (Lipinski definition) is 4. The summed E-state index contributed by atoms with van der Waals surface area (Å²) in [6, 6.07) is 9.62. The molecular weight excluding hydrogens is 423 g/mol. The maximum Gasteiger partial charge on any atom is 0.416 e. The number of halogens is 3. The molecule has 2 aliphatic rings. The summed E-state index contributed by atoms with van der Waals surface area (Å²) >= 11 is 0. The van der Waals surface area contributed by atoms with E-state index < -0.39 is 29.5 Å². The van der Waals surface area contributed by atoms with Crippen molar-refractivity contribution < 1.29 is 27.6 Å². The molecule has 166 valence electrons. The number of anilines is 2. The third kappa shape index (κ3) is 3.98. The predicted octanol–water partition coefficient (Wildman–Crippen LogP) is 4.54. The Kier molecular flexibility index (Phi) is 5.50. The molecule has 1 heterocycles. The minimum absolute atomic E-state index is 0.0460. The maximum absolute atomic E-state index is 13.1. The summed E-state index contributed by atoms with van der Waals surface area (Å²) in [4.78, 5) is 37.9. The number of hydrazine groups is 1. The van der Waals surface area contributed by atoms with Crippen LogP contribution in [0.3, 0.4) is 0 Å². The van der Waals surface area contributed by atoms with Gasteiger partial charge in [0, 0.05) is 11.3 Å². The lowest BCUT2D eigenvalue weighted by Crippen LogP contribution is -2.36. The van der Waals surface area contributed by atoms with Crippen molar-refractivity contribution in [2.24, 2.45) is 11.8 Å². The highest BCUT2D eigenvalue weighted by molar-refractivity contribution is 6.07. The first-order valence-electron chi connectivity index (χ1n) is 10.0. The smallest absolute Gasteiger partial charge is 0.322 e. The summed E-state index contributed by atoms with van der Waals surface area (Å²) in [5, 5.41) is 3.48. The molecule has 1 fully saturated rings. The molecule has 1 aliphatic carbocycles. The number of carbonyl (C=O) groups is 3. The summed E-state index contributed by atoms with van der Waals surface area (Å²) in [5.41, 5.74) is 2.40. The van der Waals surface area contributed by atoms with Crippen LogP contribution in [0.2, 0.25) is 0 Å². The van der Waals surface area contributed by atoms with Gasteiger partial charge in [0.05, 0.1) is 23.1 Å². The van der Waals surface area contributed by atoms with Crippen LogP contribution in [-0.4, -0.2) is 22.7 Å². The number of imide groups is 1. The maximum atomic E-state index is 13.1. The first-order chi connectivity index (χ1) is 15.2. The summed E-state index contributed by atoms with van der Waals surface area (Å²) in [5.74, 6) is -2.05. The van der Waals surface area contributed by atoms with E-state index in [0.717, 1.165) is 11.1 Å². The van der Waals surface area contributed by atoms with Crippen molar-refractivity contribution in [1.29, 1.82) is 0 Å². The fraction of sp³-hybridized carbons (Fsp3) is 0.261. The number of carbonyl (C=O) groups excluding carboxylic acids is 3. The molecule has 3 amide bonds. The Morgan fingerprint density at radius 1 is 1.00 bits per heavy atom. The van der Waals surface area contributed by atoms with E-state index in [0.29, 0.717) is 18.5 Å². The van der Waals surface area contributed by atoms with Crippen molar-refractivity contribution in [2.45, 2.75) is 25.9 Å². The second kappa shape index (κ2) is 8.14. The summed E-state index contributed by atoms with van der Waals surface area (Å²) < 4.78 is 39.4. The van der Waals surface area contributed by atoms with Gasteiger partial charge < -0.3 is 5.32 Å². The molecule has 0 bridgehead atoms. The third-order valence-electron chi connectivity index (χ3n) is 5.76. The normalized spacial score (nSPS) is 20.3. The fourth-order valence-corrected chi connectivity index (χ4v) is 4.04. The number of amides is 3. The van der Waals surface area contributed by atoms with Crippen LogP contribution < -0.4 is 10.7 Å². The molecule has 0 saturated carbocycles. The molecule has 9 heteroatoms. The first-order valence-corrected chi connectivity index (χ1v) is 10.0. The number of fused-ring (bicyclic) bond motifs is 1. The Morgan fingerprint density at radius 3 is 2.25 bits per heavy atom. The second-order valence-electron chi connectivity index (χ2n) is 7.79. The third-order valence-corrected chi connectivity index (χ3v) is 5.76. The van der Waals surface area contributed by atoms with Gasteiger partial charge in [-0.2, -0.15) is 18.2 Å². The molecule has 2 N–H and O–H groups in total. The molecular formula is C23H20F3N3O3. The zero-order chi connectivity index (χ0) is 23.0. The number of benzene rings is 2. The highest BCUT2D eigenvalue weighted by atomic mass is 19.4. The minimum atomic E-state index is -4.53. The fourth-order valence-electron chi connectivity index (χ4n) is 4.04. The predicted molar refractivity (Wildman–Crippen MR) is 111 cm³/mol. The number of nitrogens with zero attached hydrogens (tertiary/aromatic N) is 1. The Balaban J connectivity index is 1.51. The van der Waals surface area contributed by atoms with Crippen molar-refractivity contribution >= 4 is 29.1 Å². The van der Waals surface area contributed by atoms with Gasteiger partial charge in [0.2, 0.25) is 0 Å². The van der Waals surface area contributed by atoms with Crippen molar-refractivity contribution in [3.63, 3.8) is 0 Å². The van der Waals surface area contributed by atoms with Crippen LogP contribution >= 0.6 is 0 Å². The van der Waals surface area contributed by atoms with Crippen molar-refractivity contribution in [3.8, 4) is 0 Å². The Bertz CT molecular complexity index is 1100. The van der Waals surface area contributed by atoms with Gasteiger partial charge in [-0.1, -0.05) is 24.3 Å². The van der Waals surface area contributed by atoms with Gasteiger partial charge in [-0.25, -0.2) is 0 Å². The quantitative estimate of drug-likeness (QED) is 0.537. The second-order valence-corrected chi connectivity index (χ2v) is 7.79. The number of allylic oxidation sites excluding steroid dienone is 2. The summed E-state index contributed by atoms with van der Waals surface area (Å²) in [7, 11) is 0. The zero-order valence-corrected chi connectivity index (χ0v) is 17.1. The molecule has 2 aromatic carbocycles. The standard InChI is InChI=1S/C23H20F3N3O3/c1-13-18(23(24,25)26)10-5-11-19(13)27-20(30)14-6-4-7-15(12-14)28-29-21(31)16-8-2-3-9-17(16)22(29)32/h2-7,10-12,16-17,28H,8-9H2,1H3,(H,27,30)/t16-,17+. The molecule has 2 atom stereocenters. The van der Waals surface area contributed by atoms with Crippen LogP contribution in [0.15, 0.2) is 54.6 Å². The van der Waals surface area contributed by atoms with E-state index in [1.165, 1.54) is 31.2 Å². The minimum Gasteiger partial charge on any atom is -0.322 e. The molecule has 0 unspecified atom stereocenters. The van der Waals surface area contributed by atoms with Gasteiger partial charge in [0.1, 0.15) is 0 Å². The summed E-state index contributed by atoms with van der Waals surface area (Å²) in [6.45, 7) is 1.29. The van der Waals surface area contributed by atoms with E-state index >= 15 is 0 Å². The molecule has 0 spiro atoms. The van der Waals surface area contributed by atoms with Gasteiger partial charge in [-0.3, -0.25) is 19.8 Å². The number of hydrogen-bond donors (Lipinski definition) is 2. The van der Waals surface area contributed by atoms with Gasteiger partial charge in [-0.05, 0) is 55.7 Å². The molecule has 6 nitrogen and oxygen atoms in total. The van der Waals surface area contributed by atoms with Crippen molar-refractivity contribution in [3.05, 3.63) is 71.3 Å². The van der Waals surface area contributed by atoms with Crippen LogP contribution in [0.25, 0.3) is 0 Å². The highest BCUT2D eigenvalue weighted by Crippen LogP contribution is 2.36. The number of rotatable bonds is 4. The molecule has 32 heavy (non-hydrogen) atoms. The van der Waals surface area contributed by atoms with E-state index in [2.05, 4.69) is 10.7 Å². The average Bonchev–Trinajstić information content (AvgIpc) is 3.00. The van der Waals surface area contributed by atoms with Gasteiger partial charge in [-0.15, -0.1) is 0 Å². The largest absolute Gasteiger partial charge is 0.416 e. The van der Waals surface area contributed by atoms with Crippen molar-refractivity contribution in [2.75, 3.05) is 10.7 Å². The van der Waals surface area contributed by atoms with E-state index in [1.807, 2.05) is 12.2 Å². The molecule has 0 radical (unpaired) electrons. The zero-order valence-electron chi connectivity index (χ0n) is 17.1. The number of alkyl halides is 3. The monoisotopic (exact) mass is 443 g/mol. The van der Waals surface area contributed by atoms with E-state index in [1.54, 1.807) is 12.1 Å². The van der Waals surface area contributed by atoms with Crippen LogP contribution in [0, 0.1) is 18.8 Å². The molecule has 4 rings (SSSR count). The average molecular weight is 443 g/mol. The lowest BCUT2D eigenvalue weighted by molar-refractivity contribution is -0.139. The topological polar surface area (TPSA) is 78.5 Å². The van der Waals surface area contributed by atoms with Gasteiger partial charge in [0.15, 0.2) is 0 Å². The van der Waals surface area contributed by atoms with Crippen LogP contribution in [0.1, 0.15) is 34.3 Å².